The van der Waals surface area contributed by atoms with E-state index in [-0.39, 0.29) is 0 Å². The molecule has 0 radical (unpaired) electrons. The maximum Gasteiger partial charge on any atom is 0.0364 e. The summed E-state index contributed by atoms with van der Waals surface area (Å²) < 4.78 is 0. The van der Waals surface area contributed by atoms with Crippen molar-refractivity contribution < 1.29 is 0 Å². The van der Waals surface area contributed by atoms with Crippen LogP contribution in [0.15, 0.2) is 29.9 Å². The minimum Gasteiger partial charge on any atom is -0.316 e. The fourth-order valence-electron chi connectivity index (χ4n) is 1.54. The van der Waals surface area contributed by atoms with Gasteiger partial charge in [-0.15, -0.1) is 11.3 Å². The molecule has 0 atom stereocenters. The first-order chi connectivity index (χ1) is 7.31. The highest BCUT2D eigenvalue weighted by atomic mass is 32.1. The van der Waals surface area contributed by atoms with Gasteiger partial charge in [0.2, 0.25) is 0 Å². The van der Waals surface area contributed by atoms with Crippen molar-refractivity contribution in [2.75, 3.05) is 7.05 Å². The normalized spacial score (nSPS) is 10.5. The van der Waals surface area contributed by atoms with Crippen molar-refractivity contribution in [2.24, 2.45) is 0 Å². The van der Waals surface area contributed by atoms with Gasteiger partial charge in [0.05, 0.1) is 0 Å². The van der Waals surface area contributed by atoms with Crippen LogP contribution in [0.25, 0.3) is 10.4 Å². The van der Waals surface area contributed by atoms with E-state index >= 15 is 0 Å². The molecule has 0 saturated carbocycles. The summed E-state index contributed by atoms with van der Waals surface area (Å²) in [5.74, 6) is 0. The Morgan fingerprint density at radius 2 is 2.33 bits per heavy atom. The van der Waals surface area contributed by atoms with E-state index in [1.165, 1.54) is 21.6 Å². The molecule has 78 valence electrons. The van der Waals surface area contributed by atoms with Crippen molar-refractivity contribution in [3.8, 4) is 10.4 Å². The minimum atomic E-state index is 0.926. The third-order valence-electron chi connectivity index (χ3n) is 2.34. The molecule has 0 fully saturated rings. The second-order valence-corrected chi connectivity index (χ2v) is 4.45. The third kappa shape index (κ3) is 2.25. The third-order valence-corrected chi connectivity index (χ3v) is 3.35. The summed E-state index contributed by atoms with van der Waals surface area (Å²) in [7, 11) is 1.96. The molecule has 0 aliphatic heterocycles. The molecule has 1 N–H and O–H groups in total. The fourth-order valence-corrected chi connectivity index (χ4v) is 2.53. The second kappa shape index (κ2) is 4.55. The average molecular weight is 218 g/mol. The van der Waals surface area contributed by atoms with Gasteiger partial charge in [-0.2, -0.15) is 0 Å². The Kier molecular flexibility index (Phi) is 3.14. The lowest BCUT2D eigenvalue weighted by molar-refractivity contribution is 0.821. The quantitative estimate of drug-likeness (QED) is 0.857. The van der Waals surface area contributed by atoms with E-state index in [0.717, 1.165) is 6.54 Å². The zero-order valence-corrected chi connectivity index (χ0v) is 9.77. The molecule has 2 nitrogen and oxygen atoms in total. The van der Waals surface area contributed by atoms with Gasteiger partial charge in [-0.1, -0.05) is 0 Å². The molecule has 0 bridgehead atoms. The number of rotatable bonds is 3. The Hall–Kier alpha value is -1.19. The van der Waals surface area contributed by atoms with Crippen LogP contribution in [0.3, 0.4) is 0 Å². The van der Waals surface area contributed by atoms with Crippen molar-refractivity contribution in [1.29, 1.82) is 0 Å². The molecule has 2 aromatic heterocycles. The fraction of sp³-hybridized carbons (Fsp3) is 0.250. The van der Waals surface area contributed by atoms with Crippen molar-refractivity contribution >= 4 is 11.3 Å². The number of aryl methyl sites for hydroxylation is 1. The second-order valence-electron chi connectivity index (χ2n) is 3.54. The zero-order chi connectivity index (χ0) is 10.7. The van der Waals surface area contributed by atoms with Crippen LogP contribution in [0, 0.1) is 6.92 Å². The lowest BCUT2D eigenvalue weighted by Gasteiger charge is -2.00. The molecule has 0 saturated heterocycles. The highest BCUT2D eigenvalue weighted by Gasteiger charge is 2.04. The number of hydrogen-bond acceptors (Lipinski definition) is 3. The number of nitrogens with one attached hydrogen (secondary N) is 1. The molecule has 2 aromatic rings. The molecule has 0 amide bonds. The smallest absolute Gasteiger partial charge is 0.0364 e. The Bertz CT molecular complexity index is 448. The Morgan fingerprint density at radius 1 is 1.47 bits per heavy atom. The number of nitrogens with zero attached hydrogens (tertiary/aromatic N) is 1. The monoisotopic (exact) mass is 218 g/mol. The van der Waals surface area contributed by atoms with Gasteiger partial charge in [0.15, 0.2) is 0 Å². The van der Waals surface area contributed by atoms with E-state index in [4.69, 9.17) is 0 Å². The van der Waals surface area contributed by atoms with Gasteiger partial charge in [0.25, 0.3) is 0 Å². The maximum atomic E-state index is 4.17. The summed E-state index contributed by atoms with van der Waals surface area (Å²) >= 11 is 1.78. The van der Waals surface area contributed by atoms with E-state index in [2.05, 4.69) is 28.7 Å². The van der Waals surface area contributed by atoms with Gasteiger partial charge < -0.3 is 5.32 Å². The first-order valence-electron chi connectivity index (χ1n) is 4.94. The van der Waals surface area contributed by atoms with Gasteiger partial charge in [0, 0.05) is 29.4 Å². The van der Waals surface area contributed by atoms with Crippen LogP contribution in [0.2, 0.25) is 0 Å². The molecule has 0 spiro atoms. The van der Waals surface area contributed by atoms with E-state index in [0.29, 0.717) is 0 Å². The molecule has 0 unspecified atom stereocenters. The van der Waals surface area contributed by atoms with Gasteiger partial charge in [-0.05, 0) is 42.6 Å². The molecule has 0 aliphatic rings. The van der Waals surface area contributed by atoms with Crippen LogP contribution in [0.1, 0.15) is 11.1 Å². The lowest BCUT2D eigenvalue weighted by Crippen LogP contribution is -2.03. The predicted octanol–water partition coefficient (Wildman–Crippen LogP) is 2.84. The highest BCUT2D eigenvalue weighted by molar-refractivity contribution is 7.13. The Labute approximate surface area is 94.0 Å². The summed E-state index contributed by atoms with van der Waals surface area (Å²) in [6, 6.07) is 4.28. The molecule has 0 aromatic carbocycles. The van der Waals surface area contributed by atoms with E-state index in [1.54, 1.807) is 11.3 Å². The van der Waals surface area contributed by atoms with Crippen molar-refractivity contribution in [2.45, 2.75) is 13.5 Å². The highest BCUT2D eigenvalue weighted by Crippen LogP contribution is 2.28. The summed E-state index contributed by atoms with van der Waals surface area (Å²) in [5, 5.41) is 5.35. The number of pyridine rings is 1. The molecule has 2 heterocycles. The molecule has 15 heavy (non-hydrogen) atoms. The lowest BCUT2D eigenvalue weighted by atomic mass is 10.1. The van der Waals surface area contributed by atoms with E-state index < -0.39 is 0 Å². The zero-order valence-electron chi connectivity index (χ0n) is 8.95. The Morgan fingerprint density at radius 3 is 3.07 bits per heavy atom. The molecule has 0 aliphatic carbocycles. The SMILES string of the molecule is CNCc1csc(-c2cnccc2C)c1. The maximum absolute atomic E-state index is 4.17. The number of aromatic nitrogens is 1. The van der Waals surface area contributed by atoms with Crippen LogP contribution in [-0.4, -0.2) is 12.0 Å². The number of hydrogen-bond donors (Lipinski definition) is 1. The summed E-state index contributed by atoms with van der Waals surface area (Å²) in [5.41, 5.74) is 3.86. The van der Waals surface area contributed by atoms with Gasteiger partial charge in [0.1, 0.15) is 0 Å². The van der Waals surface area contributed by atoms with Crippen LogP contribution in [-0.2, 0) is 6.54 Å². The molecular weight excluding hydrogens is 204 g/mol. The van der Waals surface area contributed by atoms with E-state index in [1.807, 2.05) is 25.5 Å². The van der Waals surface area contributed by atoms with Crippen LogP contribution in [0.4, 0.5) is 0 Å². The standard InChI is InChI=1S/C12H14N2S/c1-9-3-4-14-7-11(9)12-5-10(6-13-2)8-15-12/h3-5,7-8,13H,6H2,1-2H3. The summed E-state index contributed by atoms with van der Waals surface area (Å²) in [4.78, 5) is 5.47. The topological polar surface area (TPSA) is 24.9 Å². The van der Waals surface area contributed by atoms with Crippen LogP contribution < -0.4 is 5.32 Å². The van der Waals surface area contributed by atoms with Gasteiger partial charge in [-0.25, -0.2) is 0 Å². The molecule has 2 rings (SSSR count). The van der Waals surface area contributed by atoms with Crippen molar-refractivity contribution in [3.05, 3.63) is 41.0 Å². The summed E-state index contributed by atoms with van der Waals surface area (Å²) in [6.45, 7) is 3.05. The van der Waals surface area contributed by atoms with Gasteiger partial charge in [-0.3, -0.25) is 4.98 Å². The van der Waals surface area contributed by atoms with E-state index in [9.17, 15) is 0 Å². The predicted molar refractivity (Wildman–Crippen MR) is 65.1 cm³/mol. The van der Waals surface area contributed by atoms with Crippen LogP contribution in [0.5, 0.6) is 0 Å². The minimum absolute atomic E-state index is 0.926. The Balaban J connectivity index is 2.33. The molecular formula is C12H14N2S. The first-order valence-corrected chi connectivity index (χ1v) is 5.82. The van der Waals surface area contributed by atoms with Crippen molar-refractivity contribution in [1.82, 2.24) is 10.3 Å². The van der Waals surface area contributed by atoms with Crippen molar-refractivity contribution in [3.63, 3.8) is 0 Å². The first kappa shape index (κ1) is 10.3. The van der Waals surface area contributed by atoms with Gasteiger partial charge >= 0.3 is 0 Å². The summed E-state index contributed by atoms with van der Waals surface area (Å²) in [6.07, 6.45) is 3.77. The average Bonchev–Trinajstić information content (AvgIpc) is 2.68. The van der Waals surface area contributed by atoms with Crippen LogP contribution >= 0.6 is 11.3 Å². The largest absolute Gasteiger partial charge is 0.316 e. The number of thiophene rings is 1. The molecule has 3 heteroatoms.